The number of benzene rings is 1. The standard InChI is InChI=1S/C11H14F3NO2S/c1-16-8-6-10(18-11(12,13)14)9(17-2)5-7(8)3-4-15/h5-6H,3-4,15H2,1-2H3. The summed E-state index contributed by atoms with van der Waals surface area (Å²) in [7, 11) is 2.73. The van der Waals surface area contributed by atoms with Crippen LogP contribution in [0.1, 0.15) is 5.56 Å². The molecule has 18 heavy (non-hydrogen) atoms. The molecule has 0 aromatic heterocycles. The number of methoxy groups -OCH3 is 2. The molecule has 0 aliphatic rings. The predicted molar refractivity (Wildman–Crippen MR) is 64.2 cm³/mol. The number of alkyl halides is 3. The molecular weight excluding hydrogens is 267 g/mol. The van der Waals surface area contributed by atoms with Crippen LogP contribution in [-0.2, 0) is 6.42 Å². The molecule has 1 aromatic carbocycles. The summed E-state index contributed by atoms with van der Waals surface area (Å²) in [4.78, 5) is -0.0254. The van der Waals surface area contributed by atoms with Gasteiger partial charge in [-0.3, -0.25) is 0 Å². The van der Waals surface area contributed by atoms with Gasteiger partial charge in [0.25, 0.3) is 0 Å². The Morgan fingerprint density at radius 1 is 1.17 bits per heavy atom. The fourth-order valence-corrected chi connectivity index (χ4v) is 2.15. The number of nitrogens with two attached hydrogens (primary N) is 1. The number of hydrogen-bond donors (Lipinski definition) is 1. The number of hydrogen-bond acceptors (Lipinski definition) is 4. The first-order valence-electron chi connectivity index (χ1n) is 5.12. The van der Waals surface area contributed by atoms with Crippen LogP contribution in [0.3, 0.4) is 0 Å². The molecule has 0 spiro atoms. The van der Waals surface area contributed by atoms with E-state index >= 15 is 0 Å². The maximum atomic E-state index is 12.4. The van der Waals surface area contributed by atoms with Gasteiger partial charge in [-0.25, -0.2) is 0 Å². The molecule has 0 bridgehead atoms. The molecule has 1 rings (SSSR count). The van der Waals surface area contributed by atoms with Gasteiger partial charge in [0.05, 0.1) is 19.1 Å². The van der Waals surface area contributed by atoms with Gasteiger partial charge in [-0.15, -0.1) is 0 Å². The summed E-state index contributed by atoms with van der Waals surface area (Å²) >= 11 is -0.228. The molecule has 2 N–H and O–H groups in total. The summed E-state index contributed by atoms with van der Waals surface area (Å²) in [6, 6.07) is 2.85. The lowest BCUT2D eigenvalue weighted by Crippen LogP contribution is -2.06. The zero-order valence-corrected chi connectivity index (χ0v) is 10.8. The van der Waals surface area contributed by atoms with E-state index in [0.717, 1.165) is 5.56 Å². The maximum absolute atomic E-state index is 12.4. The highest BCUT2D eigenvalue weighted by atomic mass is 32.2. The van der Waals surface area contributed by atoms with E-state index in [9.17, 15) is 13.2 Å². The molecule has 3 nitrogen and oxygen atoms in total. The Morgan fingerprint density at radius 3 is 2.22 bits per heavy atom. The van der Waals surface area contributed by atoms with E-state index in [1.165, 1.54) is 26.4 Å². The first-order valence-corrected chi connectivity index (χ1v) is 5.93. The Balaban J connectivity index is 3.17. The van der Waals surface area contributed by atoms with E-state index in [4.69, 9.17) is 15.2 Å². The van der Waals surface area contributed by atoms with Crippen molar-refractivity contribution in [1.82, 2.24) is 0 Å². The van der Waals surface area contributed by atoms with Crippen LogP contribution in [0.5, 0.6) is 11.5 Å². The van der Waals surface area contributed by atoms with Crippen LogP contribution < -0.4 is 15.2 Å². The molecule has 0 aliphatic heterocycles. The minimum Gasteiger partial charge on any atom is -0.496 e. The van der Waals surface area contributed by atoms with E-state index in [1.54, 1.807) is 0 Å². The van der Waals surface area contributed by atoms with Gasteiger partial charge in [0.15, 0.2) is 0 Å². The van der Waals surface area contributed by atoms with E-state index < -0.39 is 5.51 Å². The average molecular weight is 281 g/mol. The Labute approximate surface area is 107 Å². The molecule has 0 heterocycles. The molecule has 0 radical (unpaired) electrons. The molecule has 7 heteroatoms. The SMILES string of the molecule is COc1cc(SC(F)(F)F)c(OC)cc1CCN. The lowest BCUT2D eigenvalue weighted by molar-refractivity contribution is -0.0328. The van der Waals surface area contributed by atoms with Gasteiger partial charge in [0, 0.05) is 0 Å². The summed E-state index contributed by atoms with van der Waals surface area (Å²) < 4.78 is 47.2. The topological polar surface area (TPSA) is 44.5 Å². The van der Waals surface area contributed by atoms with Gasteiger partial charge in [0.1, 0.15) is 11.5 Å². The van der Waals surface area contributed by atoms with Gasteiger partial charge in [0.2, 0.25) is 0 Å². The zero-order chi connectivity index (χ0) is 13.8. The Bertz CT molecular complexity index is 410. The van der Waals surface area contributed by atoms with Gasteiger partial charge in [-0.1, -0.05) is 0 Å². The summed E-state index contributed by atoms with van der Waals surface area (Å²) in [6.07, 6.45) is 0.510. The fraction of sp³-hybridized carbons (Fsp3) is 0.455. The average Bonchev–Trinajstić information content (AvgIpc) is 2.28. The quantitative estimate of drug-likeness (QED) is 0.843. The highest BCUT2D eigenvalue weighted by Gasteiger charge is 2.31. The number of ether oxygens (including phenoxy) is 2. The van der Waals surface area contributed by atoms with E-state index in [-0.39, 0.29) is 22.4 Å². The van der Waals surface area contributed by atoms with Crippen molar-refractivity contribution >= 4 is 11.8 Å². The summed E-state index contributed by atoms with van der Waals surface area (Å²) in [6.45, 7) is 0.380. The molecular formula is C11H14F3NO2S. The van der Waals surface area contributed by atoms with Crippen molar-refractivity contribution < 1.29 is 22.6 Å². The molecule has 1 aromatic rings. The zero-order valence-electron chi connectivity index (χ0n) is 10.0. The predicted octanol–water partition coefficient (Wildman–Crippen LogP) is 2.82. The Hall–Kier alpha value is -1.08. The Kier molecular flexibility index (Phi) is 5.15. The smallest absolute Gasteiger partial charge is 0.446 e. The second-order valence-electron chi connectivity index (χ2n) is 3.40. The first kappa shape index (κ1) is 15.0. The Morgan fingerprint density at radius 2 is 1.78 bits per heavy atom. The minimum absolute atomic E-state index is 0.0254. The van der Waals surface area contributed by atoms with Crippen molar-refractivity contribution in [2.75, 3.05) is 20.8 Å². The van der Waals surface area contributed by atoms with Gasteiger partial charge >= 0.3 is 5.51 Å². The van der Waals surface area contributed by atoms with Crippen LogP contribution in [0.15, 0.2) is 17.0 Å². The molecule has 0 aliphatic carbocycles. The van der Waals surface area contributed by atoms with Gasteiger partial charge in [-0.2, -0.15) is 13.2 Å². The maximum Gasteiger partial charge on any atom is 0.446 e. The second-order valence-corrected chi connectivity index (χ2v) is 4.51. The third-order valence-electron chi connectivity index (χ3n) is 2.21. The lowest BCUT2D eigenvalue weighted by Gasteiger charge is -2.15. The van der Waals surface area contributed by atoms with Crippen LogP contribution in [0, 0.1) is 0 Å². The van der Waals surface area contributed by atoms with Crippen LogP contribution in [0.4, 0.5) is 13.2 Å². The highest BCUT2D eigenvalue weighted by Crippen LogP contribution is 2.43. The molecule has 0 atom stereocenters. The number of rotatable bonds is 5. The monoisotopic (exact) mass is 281 g/mol. The van der Waals surface area contributed by atoms with E-state index in [0.29, 0.717) is 18.7 Å². The summed E-state index contributed by atoms with van der Waals surface area (Å²) in [5.41, 5.74) is 1.79. The van der Waals surface area contributed by atoms with Crippen molar-refractivity contribution in [3.63, 3.8) is 0 Å². The fourth-order valence-electron chi connectivity index (χ4n) is 1.49. The molecule has 102 valence electrons. The van der Waals surface area contributed by atoms with Gasteiger partial charge < -0.3 is 15.2 Å². The van der Waals surface area contributed by atoms with Crippen molar-refractivity contribution in [2.45, 2.75) is 16.8 Å². The largest absolute Gasteiger partial charge is 0.496 e. The van der Waals surface area contributed by atoms with Crippen LogP contribution >= 0.6 is 11.8 Å². The van der Waals surface area contributed by atoms with Crippen molar-refractivity contribution in [3.8, 4) is 11.5 Å². The third-order valence-corrected chi connectivity index (χ3v) is 2.98. The van der Waals surface area contributed by atoms with E-state index in [1.807, 2.05) is 0 Å². The second kappa shape index (κ2) is 6.19. The van der Waals surface area contributed by atoms with Crippen LogP contribution in [0.2, 0.25) is 0 Å². The van der Waals surface area contributed by atoms with Crippen LogP contribution in [0.25, 0.3) is 0 Å². The molecule has 0 unspecified atom stereocenters. The molecule has 0 fully saturated rings. The summed E-state index contributed by atoms with van der Waals surface area (Å²) in [5.74, 6) is 0.551. The summed E-state index contributed by atoms with van der Waals surface area (Å²) in [5, 5.41) is 0. The lowest BCUT2D eigenvalue weighted by atomic mass is 10.1. The minimum atomic E-state index is -4.37. The molecule has 0 saturated carbocycles. The van der Waals surface area contributed by atoms with Crippen molar-refractivity contribution in [1.29, 1.82) is 0 Å². The molecule has 0 saturated heterocycles. The number of halogens is 3. The van der Waals surface area contributed by atoms with Crippen molar-refractivity contribution in [3.05, 3.63) is 17.7 Å². The highest BCUT2D eigenvalue weighted by molar-refractivity contribution is 8.00. The first-order chi connectivity index (χ1) is 8.41. The molecule has 0 amide bonds. The number of thioether (sulfide) groups is 1. The third kappa shape index (κ3) is 3.99. The normalized spacial score (nSPS) is 11.4. The van der Waals surface area contributed by atoms with Crippen molar-refractivity contribution in [2.24, 2.45) is 5.73 Å². The van der Waals surface area contributed by atoms with Crippen LogP contribution in [-0.4, -0.2) is 26.3 Å². The van der Waals surface area contributed by atoms with Gasteiger partial charge in [-0.05, 0) is 42.4 Å². The van der Waals surface area contributed by atoms with E-state index in [2.05, 4.69) is 0 Å².